The summed E-state index contributed by atoms with van der Waals surface area (Å²) in [6.45, 7) is 3.51. The van der Waals surface area contributed by atoms with Gasteiger partial charge in [0.2, 0.25) is 0 Å². The van der Waals surface area contributed by atoms with Crippen molar-refractivity contribution >= 4 is 23.6 Å². The molecule has 0 saturated carbocycles. The van der Waals surface area contributed by atoms with Crippen LogP contribution in [0.25, 0.3) is 0 Å². The Balaban J connectivity index is 2.54. The maximum absolute atomic E-state index is 12.2. The van der Waals surface area contributed by atoms with E-state index in [-0.39, 0.29) is 28.7 Å². The van der Waals surface area contributed by atoms with E-state index >= 15 is 0 Å². The molecule has 0 bridgehead atoms. The first-order chi connectivity index (χ1) is 10.9. The number of esters is 1. The highest BCUT2D eigenvalue weighted by Crippen LogP contribution is 2.39. The van der Waals surface area contributed by atoms with Gasteiger partial charge in [-0.1, -0.05) is 11.6 Å². The van der Waals surface area contributed by atoms with E-state index in [0.29, 0.717) is 11.3 Å². The Bertz CT molecular complexity index is 687. The van der Waals surface area contributed by atoms with Gasteiger partial charge in [0.1, 0.15) is 0 Å². The number of hydrogen-bond donors (Lipinski definition) is 3. The van der Waals surface area contributed by atoms with Crippen LogP contribution in [0.2, 0.25) is 5.02 Å². The highest BCUT2D eigenvalue weighted by molar-refractivity contribution is 6.32. The van der Waals surface area contributed by atoms with E-state index in [9.17, 15) is 14.7 Å². The van der Waals surface area contributed by atoms with E-state index in [2.05, 4.69) is 10.6 Å². The topological polar surface area (TPSA) is 96.9 Å². The van der Waals surface area contributed by atoms with Crippen LogP contribution in [-0.2, 0) is 9.53 Å². The lowest BCUT2D eigenvalue weighted by Crippen LogP contribution is -2.45. The quantitative estimate of drug-likeness (QED) is 0.730. The standard InChI is InChI=1S/C15H17ClN2O5/c1-4-23-14(20)11-7(2)17-15(21)18-12(11)8-5-9(16)13(19)10(6-8)22-3/h5-6,12,19H,4H2,1-3H3,(H2,17,18,21)/t12-/m0/s1. The largest absolute Gasteiger partial charge is 0.503 e. The van der Waals surface area contributed by atoms with Gasteiger partial charge in [0.05, 0.1) is 30.4 Å². The number of aromatic hydroxyl groups is 1. The maximum atomic E-state index is 12.2. The number of hydrogen-bond acceptors (Lipinski definition) is 5. The van der Waals surface area contributed by atoms with Crippen molar-refractivity contribution in [1.29, 1.82) is 0 Å². The van der Waals surface area contributed by atoms with Crippen molar-refractivity contribution in [2.24, 2.45) is 0 Å². The molecule has 1 aromatic rings. The minimum atomic E-state index is -0.769. The van der Waals surface area contributed by atoms with Crippen LogP contribution in [0.15, 0.2) is 23.4 Å². The number of phenolic OH excluding ortho intramolecular Hbond substituents is 1. The van der Waals surface area contributed by atoms with Crippen molar-refractivity contribution in [3.05, 3.63) is 34.0 Å². The molecule has 0 unspecified atom stereocenters. The van der Waals surface area contributed by atoms with Gasteiger partial charge in [-0.2, -0.15) is 0 Å². The average Bonchev–Trinajstić information content (AvgIpc) is 2.49. The molecular formula is C15H17ClN2O5. The van der Waals surface area contributed by atoms with Crippen molar-refractivity contribution in [2.75, 3.05) is 13.7 Å². The van der Waals surface area contributed by atoms with Crippen LogP contribution in [0.5, 0.6) is 11.5 Å². The van der Waals surface area contributed by atoms with Crippen molar-refractivity contribution in [2.45, 2.75) is 19.9 Å². The molecule has 1 aliphatic rings. The molecule has 1 atom stereocenters. The predicted molar refractivity (Wildman–Crippen MR) is 83.4 cm³/mol. The monoisotopic (exact) mass is 340 g/mol. The van der Waals surface area contributed by atoms with Crippen molar-refractivity contribution in [3.8, 4) is 11.5 Å². The van der Waals surface area contributed by atoms with E-state index in [1.807, 2.05) is 0 Å². The van der Waals surface area contributed by atoms with Gasteiger partial charge in [-0.05, 0) is 31.5 Å². The first-order valence-electron chi connectivity index (χ1n) is 6.90. The number of rotatable bonds is 4. The van der Waals surface area contributed by atoms with Gasteiger partial charge in [0, 0.05) is 5.70 Å². The first-order valence-corrected chi connectivity index (χ1v) is 7.28. The number of nitrogens with one attached hydrogen (secondary N) is 2. The number of ether oxygens (including phenoxy) is 2. The second-order valence-electron chi connectivity index (χ2n) is 4.84. The summed E-state index contributed by atoms with van der Waals surface area (Å²) >= 11 is 5.99. The van der Waals surface area contributed by atoms with Gasteiger partial charge in [-0.3, -0.25) is 0 Å². The fourth-order valence-electron chi connectivity index (χ4n) is 2.34. The predicted octanol–water partition coefficient (Wildman–Crippen LogP) is 2.25. The number of carbonyl (C=O) groups excluding carboxylic acids is 2. The second kappa shape index (κ2) is 6.78. The molecule has 0 saturated heterocycles. The van der Waals surface area contributed by atoms with Crippen molar-refractivity contribution in [3.63, 3.8) is 0 Å². The van der Waals surface area contributed by atoms with E-state index < -0.39 is 18.0 Å². The number of phenols is 1. The molecule has 0 spiro atoms. The Morgan fingerprint density at radius 3 is 2.74 bits per heavy atom. The number of amides is 2. The molecule has 0 radical (unpaired) electrons. The van der Waals surface area contributed by atoms with Crippen LogP contribution in [0.3, 0.4) is 0 Å². The zero-order chi connectivity index (χ0) is 17.1. The average molecular weight is 341 g/mol. The third-order valence-electron chi connectivity index (χ3n) is 3.37. The lowest BCUT2D eigenvalue weighted by molar-refractivity contribution is -0.139. The first kappa shape index (κ1) is 17.0. The smallest absolute Gasteiger partial charge is 0.338 e. The zero-order valence-electron chi connectivity index (χ0n) is 12.9. The summed E-state index contributed by atoms with van der Waals surface area (Å²) in [5.74, 6) is -0.622. The minimum Gasteiger partial charge on any atom is -0.503 e. The van der Waals surface area contributed by atoms with Crippen LogP contribution >= 0.6 is 11.6 Å². The third-order valence-corrected chi connectivity index (χ3v) is 3.66. The Kier molecular flexibility index (Phi) is 5.00. The number of halogens is 1. The minimum absolute atomic E-state index is 0.0491. The highest BCUT2D eigenvalue weighted by Gasteiger charge is 2.33. The summed E-state index contributed by atoms with van der Waals surface area (Å²) in [5, 5.41) is 15.1. The molecule has 7 nitrogen and oxygen atoms in total. The van der Waals surface area contributed by atoms with Crippen molar-refractivity contribution in [1.82, 2.24) is 10.6 Å². The van der Waals surface area contributed by atoms with Gasteiger partial charge in [-0.25, -0.2) is 9.59 Å². The number of benzene rings is 1. The van der Waals surface area contributed by atoms with Crippen LogP contribution < -0.4 is 15.4 Å². The molecule has 3 N–H and O–H groups in total. The van der Waals surface area contributed by atoms with Gasteiger partial charge in [-0.15, -0.1) is 0 Å². The molecule has 1 aromatic carbocycles. The molecule has 124 valence electrons. The highest BCUT2D eigenvalue weighted by atomic mass is 35.5. The fourth-order valence-corrected chi connectivity index (χ4v) is 2.56. The van der Waals surface area contributed by atoms with Crippen LogP contribution in [0.4, 0.5) is 4.79 Å². The molecule has 1 heterocycles. The van der Waals surface area contributed by atoms with Gasteiger partial charge in [0.15, 0.2) is 11.5 Å². The number of allylic oxidation sites excluding steroid dienone is 1. The number of urea groups is 1. The van der Waals surface area contributed by atoms with Crippen LogP contribution in [-0.4, -0.2) is 30.8 Å². The third kappa shape index (κ3) is 3.34. The van der Waals surface area contributed by atoms with Gasteiger partial charge < -0.3 is 25.2 Å². The molecule has 8 heteroatoms. The Hall–Kier alpha value is -2.41. The fraction of sp³-hybridized carbons (Fsp3) is 0.333. The molecule has 23 heavy (non-hydrogen) atoms. The maximum Gasteiger partial charge on any atom is 0.338 e. The summed E-state index contributed by atoms with van der Waals surface area (Å²) in [6.07, 6.45) is 0. The summed E-state index contributed by atoms with van der Waals surface area (Å²) in [5.41, 5.74) is 1.14. The number of carbonyl (C=O) groups is 2. The van der Waals surface area contributed by atoms with Gasteiger partial charge >= 0.3 is 12.0 Å². The molecule has 0 aromatic heterocycles. The Labute approximate surface area is 138 Å². The summed E-state index contributed by atoms with van der Waals surface area (Å²) in [4.78, 5) is 24.0. The van der Waals surface area contributed by atoms with E-state index in [1.165, 1.54) is 19.2 Å². The summed E-state index contributed by atoms with van der Waals surface area (Å²) < 4.78 is 10.1. The second-order valence-corrected chi connectivity index (χ2v) is 5.25. The molecule has 1 aliphatic heterocycles. The number of methoxy groups -OCH3 is 1. The normalized spacial score (nSPS) is 17.4. The van der Waals surface area contributed by atoms with Crippen LogP contribution in [0.1, 0.15) is 25.5 Å². The Morgan fingerprint density at radius 2 is 2.13 bits per heavy atom. The summed E-state index contributed by atoms with van der Waals surface area (Å²) in [6, 6.07) is 1.74. The molecule has 0 fully saturated rings. The summed E-state index contributed by atoms with van der Waals surface area (Å²) in [7, 11) is 1.38. The van der Waals surface area contributed by atoms with Gasteiger partial charge in [0.25, 0.3) is 0 Å². The van der Waals surface area contributed by atoms with E-state index in [1.54, 1.807) is 13.8 Å². The van der Waals surface area contributed by atoms with Crippen molar-refractivity contribution < 1.29 is 24.2 Å². The molecule has 2 amide bonds. The lowest BCUT2D eigenvalue weighted by Gasteiger charge is -2.28. The molecule has 2 rings (SSSR count). The molecular weight excluding hydrogens is 324 g/mol. The Morgan fingerprint density at radius 1 is 1.43 bits per heavy atom. The zero-order valence-corrected chi connectivity index (χ0v) is 13.7. The van der Waals surface area contributed by atoms with E-state index in [4.69, 9.17) is 21.1 Å². The van der Waals surface area contributed by atoms with E-state index in [0.717, 1.165) is 0 Å². The lowest BCUT2D eigenvalue weighted by atomic mass is 9.95. The molecule has 0 aliphatic carbocycles. The van der Waals surface area contributed by atoms with Crippen LogP contribution in [0, 0.1) is 0 Å². The SMILES string of the molecule is CCOC(=O)C1=C(C)NC(=O)N[C@H]1c1cc(Cl)c(O)c(OC)c1.